The Kier molecular flexibility index (Phi) is 7.45. The summed E-state index contributed by atoms with van der Waals surface area (Å²) in [7, 11) is 4.60. The molecule has 1 heterocycles. The summed E-state index contributed by atoms with van der Waals surface area (Å²) in [5.74, 6) is 0.0950. The Labute approximate surface area is 198 Å². The van der Waals surface area contributed by atoms with Gasteiger partial charge in [-0.25, -0.2) is 9.59 Å². The molecule has 0 aliphatic carbocycles. The van der Waals surface area contributed by atoms with Gasteiger partial charge in [0.2, 0.25) is 0 Å². The van der Waals surface area contributed by atoms with Crippen molar-refractivity contribution in [2.24, 2.45) is 0 Å². The van der Waals surface area contributed by atoms with Gasteiger partial charge in [0.25, 0.3) is 5.91 Å². The molecule has 0 saturated carbocycles. The lowest BCUT2D eigenvalue weighted by atomic mass is 9.94. The number of methoxy groups -OCH3 is 2. The molecule has 0 radical (unpaired) electrons. The van der Waals surface area contributed by atoms with Crippen molar-refractivity contribution in [1.82, 2.24) is 10.2 Å². The maximum atomic E-state index is 12.9. The Morgan fingerprint density at radius 2 is 1.71 bits per heavy atom. The Balaban J connectivity index is 1.93. The summed E-state index contributed by atoms with van der Waals surface area (Å²) in [6.45, 7) is 5.22. The van der Waals surface area contributed by atoms with Gasteiger partial charge in [0.05, 0.1) is 31.9 Å². The van der Waals surface area contributed by atoms with Crippen LogP contribution in [0.2, 0.25) is 0 Å². The number of hydrogen-bond donors (Lipinski definition) is 2. The third-order valence-corrected chi connectivity index (χ3v) is 5.41. The molecule has 0 aromatic heterocycles. The van der Waals surface area contributed by atoms with Gasteiger partial charge < -0.3 is 29.7 Å². The highest BCUT2D eigenvalue weighted by Gasteiger charge is 2.35. The van der Waals surface area contributed by atoms with Gasteiger partial charge in [-0.3, -0.25) is 4.79 Å². The van der Waals surface area contributed by atoms with Gasteiger partial charge in [-0.1, -0.05) is 12.1 Å². The van der Waals surface area contributed by atoms with Gasteiger partial charge in [0.1, 0.15) is 11.5 Å². The minimum atomic E-state index is -0.733. The molecule has 0 fully saturated rings. The number of allylic oxidation sites excluding steroid dienone is 1. The van der Waals surface area contributed by atoms with E-state index in [1.54, 1.807) is 70.3 Å². The average molecular weight is 468 g/mol. The SMILES string of the molecule is COc1cc(OC)cc(C(=O)Nc2cccc([C@H]3NC(=O)N(C)C(C)=C3C(=O)OC(C)C)c2)c1. The fourth-order valence-corrected chi connectivity index (χ4v) is 3.57. The molecule has 34 heavy (non-hydrogen) atoms. The maximum Gasteiger partial charge on any atom is 0.338 e. The molecule has 1 aliphatic heterocycles. The molecular formula is C25H29N3O6. The Morgan fingerprint density at radius 3 is 2.29 bits per heavy atom. The number of hydrogen-bond acceptors (Lipinski definition) is 6. The van der Waals surface area contributed by atoms with Crippen molar-refractivity contribution in [2.45, 2.75) is 32.9 Å². The molecule has 2 N–H and O–H groups in total. The lowest BCUT2D eigenvalue weighted by Gasteiger charge is -2.33. The van der Waals surface area contributed by atoms with E-state index in [9.17, 15) is 14.4 Å². The summed E-state index contributed by atoms with van der Waals surface area (Å²) >= 11 is 0. The summed E-state index contributed by atoms with van der Waals surface area (Å²) in [5.41, 5.74) is 2.30. The highest BCUT2D eigenvalue weighted by molar-refractivity contribution is 6.05. The van der Waals surface area contributed by atoms with Crippen LogP contribution in [0, 0.1) is 0 Å². The van der Waals surface area contributed by atoms with Gasteiger partial charge in [-0.05, 0) is 50.6 Å². The van der Waals surface area contributed by atoms with E-state index in [2.05, 4.69) is 10.6 Å². The predicted molar refractivity (Wildman–Crippen MR) is 127 cm³/mol. The topological polar surface area (TPSA) is 106 Å². The van der Waals surface area contributed by atoms with E-state index in [-0.39, 0.29) is 18.0 Å². The van der Waals surface area contributed by atoms with E-state index in [1.165, 1.54) is 19.1 Å². The second-order valence-corrected chi connectivity index (χ2v) is 8.08. The largest absolute Gasteiger partial charge is 0.497 e. The van der Waals surface area contributed by atoms with Gasteiger partial charge in [0, 0.05) is 30.1 Å². The number of urea groups is 1. The van der Waals surface area contributed by atoms with Crippen LogP contribution in [0.3, 0.4) is 0 Å². The van der Waals surface area contributed by atoms with Crippen LogP contribution in [-0.2, 0) is 9.53 Å². The average Bonchev–Trinajstić information content (AvgIpc) is 2.81. The molecule has 2 aromatic rings. The molecule has 180 valence electrons. The molecule has 0 bridgehead atoms. The van der Waals surface area contributed by atoms with E-state index in [1.807, 2.05) is 0 Å². The van der Waals surface area contributed by atoms with E-state index in [4.69, 9.17) is 14.2 Å². The third kappa shape index (κ3) is 5.31. The first-order valence-electron chi connectivity index (χ1n) is 10.7. The molecule has 3 amide bonds. The fourth-order valence-electron chi connectivity index (χ4n) is 3.57. The minimum Gasteiger partial charge on any atom is -0.497 e. The highest BCUT2D eigenvalue weighted by Crippen LogP contribution is 2.32. The van der Waals surface area contributed by atoms with Crippen molar-refractivity contribution in [1.29, 1.82) is 0 Å². The monoisotopic (exact) mass is 467 g/mol. The van der Waals surface area contributed by atoms with Crippen LogP contribution in [-0.4, -0.2) is 50.2 Å². The number of nitrogens with zero attached hydrogens (tertiary/aromatic N) is 1. The number of nitrogens with one attached hydrogen (secondary N) is 2. The Morgan fingerprint density at radius 1 is 1.06 bits per heavy atom. The fraction of sp³-hybridized carbons (Fsp3) is 0.320. The summed E-state index contributed by atoms with van der Waals surface area (Å²) in [4.78, 5) is 39.6. The van der Waals surface area contributed by atoms with Crippen LogP contribution in [0.15, 0.2) is 53.7 Å². The lowest BCUT2D eigenvalue weighted by molar-refractivity contribution is -0.143. The van der Waals surface area contributed by atoms with Crippen molar-refractivity contribution in [3.05, 3.63) is 64.9 Å². The van der Waals surface area contributed by atoms with Crippen molar-refractivity contribution < 1.29 is 28.6 Å². The molecule has 9 nitrogen and oxygen atoms in total. The molecule has 1 atom stereocenters. The van der Waals surface area contributed by atoms with Crippen molar-refractivity contribution in [3.63, 3.8) is 0 Å². The maximum absolute atomic E-state index is 12.9. The van der Waals surface area contributed by atoms with E-state index < -0.39 is 12.0 Å². The Hall–Kier alpha value is -4.01. The molecule has 9 heteroatoms. The first-order valence-corrected chi connectivity index (χ1v) is 10.7. The van der Waals surface area contributed by atoms with E-state index in [0.717, 1.165) is 0 Å². The van der Waals surface area contributed by atoms with Gasteiger partial charge >= 0.3 is 12.0 Å². The smallest absolute Gasteiger partial charge is 0.338 e. The van der Waals surface area contributed by atoms with Crippen LogP contribution in [0.4, 0.5) is 10.5 Å². The molecule has 0 spiro atoms. The van der Waals surface area contributed by atoms with Crippen LogP contribution in [0.1, 0.15) is 42.7 Å². The molecule has 3 rings (SSSR count). The zero-order valence-corrected chi connectivity index (χ0v) is 20.1. The number of esters is 1. The van der Waals surface area contributed by atoms with Crippen molar-refractivity contribution in [3.8, 4) is 11.5 Å². The Bertz CT molecular complexity index is 1120. The second-order valence-electron chi connectivity index (χ2n) is 8.08. The molecular weight excluding hydrogens is 438 g/mol. The summed E-state index contributed by atoms with van der Waals surface area (Å²) < 4.78 is 15.9. The summed E-state index contributed by atoms with van der Waals surface area (Å²) in [6.07, 6.45) is -0.318. The summed E-state index contributed by atoms with van der Waals surface area (Å²) in [5, 5.41) is 5.68. The molecule has 0 unspecified atom stereocenters. The van der Waals surface area contributed by atoms with E-state index >= 15 is 0 Å². The number of ether oxygens (including phenoxy) is 3. The van der Waals surface area contributed by atoms with Crippen molar-refractivity contribution in [2.75, 3.05) is 26.6 Å². The van der Waals surface area contributed by atoms with Gasteiger partial charge in [-0.15, -0.1) is 0 Å². The van der Waals surface area contributed by atoms with Crippen LogP contribution in [0.25, 0.3) is 0 Å². The number of carbonyl (C=O) groups excluding carboxylic acids is 3. The normalized spacial score (nSPS) is 15.7. The molecule has 0 saturated heterocycles. The lowest BCUT2D eigenvalue weighted by Crippen LogP contribution is -2.46. The van der Waals surface area contributed by atoms with Crippen LogP contribution in [0.5, 0.6) is 11.5 Å². The number of anilines is 1. The van der Waals surface area contributed by atoms with Crippen LogP contribution < -0.4 is 20.1 Å². The number of amides is 3. The van der Waals surface area contributed by atoms with Gasteiger partial charge in [-0.2, -0.15) is 0 Å². The van der Waals surface area contributed by atoms with E-state index in [0.29, 0.717) is 39.6 Å². The summed E-state index contributed by atoms with van der Waals surface area (Å²) in [6, 6.07) is 10.7. The standard InChI is InChI=1S/C25H29N3O6/c1-14(2)34-24(30)21-15(3)28(4)25(31)27-22(21)16-8-7-9-18(10-16)26-23(29)17-11-19(32-5)13-20(12-17)33-6/h7-14,22H,1-6H3,(H,26,29)(H,27,31)/t22-/m1/s1. The first kappa shape index (κ1) is 24.6. The molecule has 2 aromatic carbocycles. The quantitative estimate of drug-likeness (QED) is 0.599. The number of rotatable bonds is 7. The number of benzene rings is 2. The van der Waals surface area contributed by atoms with Crippen LogP contribution >= 0.6 is 0 Å². The predicted octanol–water partition coefficient (Wildman–Crippen LogP) is 3.88. The second kappa shape index (κ2) is 10.3. The first-order chi connectivity index (χ1) is 16.1. The third-order valence-electron chi connectivity index (χ3n) is 5.41. The highest BCUT2D eigenvalue weighted by atomic mass is 16.5. The van der Waals surface area contributed by atoms with Gasteiger partial charge in [0.15, 0.2) is 0 Å². The van der Waals surface area contributed by atoms with Crippen molar-refractivity contribution >= 4 is 23.6 Å². The zero-order chi connectivity index (χ0) is 25.0. The minimum absolute atomic E-state index is 0.318. The number of carbonyl (C=O) groups is 3. The zero-order valence-electron chi connectivity index (χ0n) is 20.1. The molecule has 1 aliphatic rings.